The molecule has 0 saturated heterocycles. The molecule has 0 aliphatic rings. The van der Waals surface area contributed by atoms with E-state index in [1.54, 1.807) is 0 Å². The van der Waals surface area contributed by atoms with Crippen molar-refractivity contribution in [3.05, 3.63) is 54.1 Å². The van der Waals surface area contributed by atoms with Gasteiger partial charge < -0.3 is 14.6 Å². The molecule has 0 spiro atoms. The van der Waals surface area contributed by atoms with Crippen molar-refractivity contribution in [2.75, 3.05) is 20.0 Å². The zero-order valence-corrected chi connectivity index (χ0v) is 14.7. The SMILES string of the molecule is C.C.CCCCCc1ccc(N=Nc2ccc(OCOCCO)cc2)cc1. The Bertz CT molecular complexity index is 625. The third-order valence-corrected chi connectivity index (χ3v) is 3.67. The molecule has 5 heteroatoms. The molecule has 2 rings (SSSR count). The first kappa shape index (κ1) is 24.8. The molecule has 0 aliphatic heterocycles. The number of azo groups is 1. The van der Waals surface area contributed by atoms with E-state index in [-0.39, 0.29) is 34.9 Å². The summed E-state index contributed by atoms with van der Waals surface area (Å²) in [5, 5.41) is 17.1. The van der Waals surface area contributed by atoms with Gasteiger partial charge in [-0.05, 0) is 54.8 Å². The normalized spacial score (nSPS) is 10.3. The highest BCUT2D eigenvalue weighted by molar-refractivity contribution is 5.43. The van der Waals surface area contributed by atoms with Crippen LogP contribution < -0.4 is 4.74 Å². The van der Waals surface area contributed by atoms with Crippen molar-refractivity contribution >= 4 is 11.4 Å². The van der Waals surface area contributed by atoms with Crippen molar-refractivity contribution in [3.8, 4) is 5.75 Å². The Labute approximate surface area is 164 Å². The molecule has 27 heavy (non-hydrogen) atoms. The van der Waals surface area contributed by atoms with Crippen LogP contribution in [0.4, 0.5) is 11.4 Å². The highest BCUT2D eigenvalue weighted by Gasteiger charge is 1.97. The molecule has 5 nitrogen and oxygen atoms in total. The van der Waals surface area contributed by atoms with Crippen molar-refractivity contribution in [3.63, 3.8) is 0 Å². The van der Waals surface area contributed by atoms with E-state index in [9.17, 15) is 0 Å². The van der Waals surface area contributed by atoms with E-state index < -0.39 is 0 Å². The summed E-state index contributed by atoms with van der Waals surface area (Å²) in [7, 11) is 0. The molecule has 150 valence electrons. The number of aliphatic hydroxyl groups is 1. The molecule has 2 aromatic carbocycles. The number of nitrogens with zero attached hydrogens (tertiary/aromatic N) is 2. The minimum atomic E-state index is -0.0115. The second kappa shape index (κ2) is 14.9. The fourth-order valence-electron chi connectivity index (χ4n) is 2.27. The Morgan fingerprint density at radius 2 is 1.44 bits per heavy atom. The zero-order valence-electron chi connectivity index (χ0n) is 14.7. The van der Waals surface area contributed by atoms with Gasteiger partial charge in [-0.1, -0.05) is 46.8 Å². The van der Waals surface area contributed by atoms with Crippen molar-refractivity contribution in [1.82, 2.24) is 0 Å². The van der Waals surface area contributed by atoms with Gasteiger partial charge in [-0.15, -0.1) is 0 Å². The number of hydrogen-bond acceptors (Lipinski definition) is 5. The number of hydrogen-bond donors (Lipinski definition) is 1. The Morgan fingerprint density at radius 1 is 0.852 bits per heavy atom. The number of unbranched alkanes of at least 4 members (excludes halogenated alkanes) is 2. The maximum Gasteiger partial charge on any atom is 0.189 e. The lowest BCUT2D eigenvalue weighted by Gasteiger charge is -2.05. The average molecular weight is 375 g/mol. The van der Waals surface area contributed by atoms with Gasteiger partial charge in [0.15, 0.2) is 6.79 Å². The molecule has 0 bridgehead atoms. The van der Waals surface area contributed by atoms with Crippen LogP contribution in [-0.2, 0) is 11.2 Å². The van der Waals surface area contributed by atoms with Gasteiger partial charge >= 0.3 is 0 Å². The van der Waals surface area contributed by atoms with E-state index in [1.807, 2.05) is 36.4 Å². The molecule has 0 atom stereocenters. The molecular formula is C22H34N2O3. The van der Waals surface area contributed by atoms with Gasteiger partial charge in [0.25, 0.3) is 0 Å². The summed E-state index contributed by atoms with van der Waals surface area (Å²) in [6.45, 7) is 2.59. The third kappa shape index (κ3) is 9.87. The van der Waals surface area contributed by atoms with E-state index in [0.717, 1.165) is 17.8 Å². The monoisotopic (exact) mass is 374 g/mol. The molecule has 0 unspecified atom stereocenters. The van der Waals surface area contributed by atoms with Crippen LogP contribution in [-0.4, -0.2) is 25.1 Å². The van der Waals surface area contributed by atoms with Gasteiger partial charge in [-0.25, -0.2) is 0 Å². The molecule has 0 amide bonds. The van der Waals surface area contributed by atoms with Crippen LogP contribution in [0.1, 0.15) is 46.6 Å². The van der Waals surface area contributed by atoms with Crippen molar-refractivity contribution in [1.29, 1.82) is 0 Å². The lowest BCUT2D eigenvalue weighted by molar-refractivity contribution is -0.00103. The first-order valence-corrected chi connectivity index (χ1v) is 8.74. The summed E-state index contributed by atoms with van der Waals surface area (Å²) in [4.78, 5) is 0. The molecule has 0 fully saturated rings. The first-order valence-electron chi connectivity index (χ1n) is 8.74. The highest BCUT2D eigenvalue weighted by atomic mass is 16.7. The number of ether oxygens (including phenoxy) is 2. The predicted molar refractivity (Wildman–Crippen MR) is 112 cm³/mol. The summed E-state index contributed by atoms with van der Waals surface area (Å²) in [6, 6.07) is 15.5. The highest BCUT2D eigenvalue weighted by Crippen LogP contribution is 2.22. The Hall–Kier alpha value is -2.24. The number of benzene rings is 2. The minimum absolute atomic E-state index is 0. The topological polar surface area (TPSA) is 63.4 Å². The molecular weight excluding hydrogens is 340 g/mol. The fraction of sp³-hybridized carbons (Fsp3) is 0.455. The Kier molecular flexibility index (Phi) is 13.6. The lowest BCUT2D eigenvalue weighted by Crippen LogP contribution is -2.06. The first-order chi connectivity index (χ1) is 12.3. The zero-order chi connectivity index (χ0) is 17.7. The van der Waals surface area contributed by atoms with E-state index >= 15 is 0 Å². The van der Waals surface area contributed by atoms with E-state index in [0.29, 0.717) is 5.75 Å². The average Bonchev–Trinajstić information content (AvgIpc) is 2.66. The maximum atomic E-state index is 8.61. The Morgan fingerprint density at radius 3 is 2.00 bits per heavy atom. The largest absolute Gasteiger partial charge is 0.468 e. The molecule has 0 heterocycles. The van der Waals surface area contributed by atoms with Crippen LogP contribution in [0.3, 0.4) is 0 Å². The standard InChI is InChI=1S/C20H26N2O3.2CH4/c1-2-3-4-5-17-6-8-18(9-7-17)21-22-19-10-12-20(13-11-19)25-16-24-15-14-23;;/h6-13,23H,2-5,14-16H2,1H3;2*1H4. The molecule has 2 aromatic rings. The predicted octanol–water partition coefficient (Wildman–Crippen LogP) is 6.45. The summed E-state index contributed by atoms with van der Waals surface area (Å²) in [6.07, 6.45) is 4.87. The van der Waals surface area contributed by atoms with Crippen LogP contribution in [0.25, 0.3) is 0 Å². The minimum Gasteiger partial charge on any atom is -0.468 e. The van der Waals surface area contributed by atoms with Crippen LogP contribution in [0.5, 0.6) is 5.75 Å². The smallest absolute Gasteiger partial charge is 0.189 e. The molecule has 0 radical (unpaired) electrons. The summed E-state index contributed by atoms with van der Waals surface area (Å²) >= 11 is 0. The van der Waals surface area contributed by atoms with Crippen LogP contribution in [0.15, 0.2) is 58.8 Å². The van der Waals surface area contributed by atoms with Gasteiger partial charge in [-0.3, -0.25) is 0 Å². The molecule has 0 aliphatic carbocycles. The quantitative estimate of drug-likeness (QED) is 0.279. The summed E-state index contributed by atoms with van der Waals surface area (Å²) in [5.74, 6) is 0.688. The van der Waals surface area contributed by atoms with Gasteiger partial charge in [0.05, 0.1) is 24.6 Å². The summed E-state index contributed by atoms with van der Waals surface area (Å²) < 4.78 is 10.4. The van der Waals surface area contributed by atoms with Gasteiger partial charge in [0, 0.05) is 0 Å². The fourth-order valence-corrected chi connectivity index (χ4v) is 2.27. The van der Waals surface area contributed by atoms with Gasteiger partial charge in [0.1, 0.15) is 5.75 Å². The molecule has 0 saturated carbocycles. The molecule has 1 N–H and O–H groups in total. The maximum absolute atomic E-state index is 8.61. The van der Waals surface area contributed by atoms with Crippen molar-refractivity contribution in [2.45, 2.75) is 47.5 Å². The van der Waals surface area contributed by atoms with E-state index in [1.165, 1.54) is 24.8 Å². The molecule has 0 aromatic heterocycles. The number of rotatable bonds is 11. The van der Waals surface area contributed by atoms with Crippen LogP contribution in [0.2, 0.25) is 0 Å². The van der Waals surface area contributed by atoms with E-state index in [4.69, 9.17) is 14.6 Å². The second-order valence-electron chi connectivity index (χ2n) is 5.71. The Balaban J connectivity index is 0.00000338. The number of aliphatic hydroxyl groups excluding tert-OH is 1. The van der Waals surface area contributed by atoms with Crippen LogP contribution in [0, 0.1) is 0 Å². The summed E-state index contributed by atoms with van der Waals surface area (Å²) in [5.41, 5.74) is 2.95. The second-order valence-corrected chi connectivity index (χ2v) is 5.71. The lowest BCUT2D eigenvalue weighted by atomic mass is 10.1. The number of aryl methyl sites for hydroxylation is 1. The van der Waals surface area contributed by atoms with Gasteiger partial charge in [0.2, 0.25) is 0 Å². The van der Waals surface area contributed by atoms with Gasteiger partial charge in [-0.2, -0.15) is 10.2 Å². The van der Waals surface area contributed by atoms with Crippen molar-refractivity contribution in [2.24, 2.45) is 10.2 Å². The third-order valence-electron chi connectivity index (χ3n) is 3.67. The van der Waals surface area contributed by atoms with Crippen molar-refractivity contribution < 1.29 is 14.6 Å². The van der Waals surface area contributed by atoms with E-state index in [2.05, 4.69) is 29.3 Å². The van der Waals surface area contributed by atoms with Crippen LogP contribution >= 0.6 is 0 Å².